The zero-order valence-corrected chi connectivity index (χ0v) is 22.1. The number of rotatable bonds is 6. The van der Waals surface area contributed by atoms with Crippen LogP contribution in [0.3, 0.4) is 0 Å². The maximum absolute atomic E-state index is 15.5. The highest BCUT2D eigenvalue weighted by Crippen LogP contribution is 2.46. The molecule has 3 rings (SSSR count). The predicted molar refractivity (Wildman–Crippen MR) is 138 cm³/mol. The third-order valence-corrected chi connectivity index (χ3v) is 6.73. The minimum absolute atomic E-state index is 0.0714. The second-order valence-electron chi connectivity index (χ2n) is 10.6. The lowest BCUT2D eigenvalue weighted by Gasteiger charge is -2.33. The van der Waals surface area contributed by atoms with Gasteiger partial charge in [-0.05, 0) is 45.9 Å². The fourth-order valence-electron chi connectivity index (χ4n) is 5.00. The summed E-state index contributed by atoms with van der Waals surface area (Å²) in [6, 6.07) is 11.7. The first-order chi connectivity index (χ1) is 16.3. The largest absolute Gasteiger partial charge is 0.446 e. The average molecular weight is 491 g/mol. The topological polar surface area (TPSA) is 6.48 Å². The summed E-state index contributed by atoms with van der Waals surface area (Å²) in [5.41, 5.74) is 5.09. The molecule has 2 aromatic rings. The number of allylic oxidation sites excluding steroid dienone is 1. The first-order valence-electron chi connectivity index (χ1n) is 12.5. The normalized spacial score (nSPS) is 14.9. The summed E-state index contributed by atoms with van der Waals surface area (Å²) in [7, 11) is 0. The summed E-state index contributed by atoms with van der Waals surface area (Å²) in [5, 5.41) is 0. The zero-order valence-electron chi connectivity index (χ0n) is 22.1. The first-order valence-corrected chi connectivity index (χ1v) is 12.5. The molecule has 1 heterocycles. The Morgan fingerprint density at radius 3 is 1.14 bits per heavy atom. The molecule has 1 aliphatic rings. The minimum Gasteiger partial charge on any atom is -0.323 e. The number of benzene rings is 2. The summed E-state index contributed by atoms with van der Waals surface area (Å²) in [6.07, 6.45) is -5.09. The van der Waals surface area contributed by atoms with Crippen LogP contribution in [0, 0.1) is 0 Å². The Bertz CT molecular complexity index is 955. The maximum Gasteiger partial charge on any atom is 0.446 e. The number of hydrogen-bond acceptors (Lipinski definition) is 2. The van der Waals surface area contributed by atoms with Crippen molar-refractivity contribution in [3.8, 4) is 0 Å². The van der Waals surface area contributed by atoms with Gasteiger partial charge < -0.3 is 9.80 Å². The zero-order chi connectivity index (χ0) is 26.2. The fraction of sp³-hybridized carbons (Fsp3) is 0.517. The van der Waals surface area contributed by atoms with Gasteiger partial charge in [-0.3, -0.25) is 0 Å². The van der Waals surface area contributed by atoms with E-state index in [-0.39, 0.29) is 36.8 Å². The van der Waals surface area contributed by atoms with Gasteiger partial charge >= 0.3 is 6.18 Å². The summed E-state index contributed by atoms with van der Waals surface area (Å²) in [5.74, 6) is -2.16. The molecule has 0 bridgehead atoms. The van der Waals surface area contributed by atoms with E-state index in [1.165, 1.54) is 0 Å². The summed E-state index contributed by atoms with van der Waals surface area (Å²) >= 11 is 0. The Hall–Kier alpha value is -2.50. The summed E-state index contributed by atoms with van der Waals surface area (Å²) in [4.78, 5) is 3.16. The SMILES string of the molecule is CC(C)c1cccc(C(C)C)c1N1CCN(c2c(C(C)C)cccc2C(C)C)C1=C(F)C(F)(F)F. The van der Waals surface area contributed by atoms with Crippen molar-refractivity contribution in [3.63, 3.8) is 0 Å². The molecule has 0 radical (unpaired) electrons. The van der Waals surface area contributed by atoms with Gasteiger partial charge in [0.1, 0.15) is 0 Å². The van der Waals surface area contributed by atoms with Crippen molar-refractivity contribution >= 4 is 11.4 Å². The van der Waals surface area contributed by atoms with E-state index >= 15 is 4.39 Å². The number of halogens is 4. The third kappa shape index (κ3) is 5.22. The lowest BCUT2D eigenvalue weighted by Crippen LogP contribution is -2.30. The van der Waals surface area contributed by atoms with Crippen LogP contribution in [0.2, 0.25) is 0 Å². The molecule has 2 aromatic carbocycles. The monoisotopic (exact) mass is 490 g/mol. The molecule has 0 aliphatic carbocycles. The maximum atomic E-state index is 15.5. The van der Waals surface area contributed by atoms with Gasteiger partial charge in [0.2, 0.25) is 5.83 Å². The van der Waals surface area contributed by atoms with E-state index < -0.39 is 17.8 Å². The van der Waals surface area contributed by atoms with E-state index in [4.69, 9.17) is 0 Å². The minimum atomic E-state index is -5.09. The Kier molecular flexibility index (Phi) is 7.93. The van der Waals surface area contributed by atoms with Gasteiger partial charge in [-0.25, -0.2) is 0 Å². The molecule has 1 fully saturated rings. The van der Waals surface area contributed by atoms with Crippen LogP contribution in [0.5, 0.6) is 0 Å². The number of nitrogens with zero attached hydrogens (tertiary/aromatic N) is 2. The van der Waals surface area contributed by atoms with Crippen LogP contribution >= 0.6 is 0 Å². The fourth-order valence-corrected chi connectivity index (χ4v) is 5.00. The lowest BCUT2D eigenvalue weighted by molar-refractivity contribution is -0.110. The van der Waals surface area contributed by atoms with Crippen molar-refractivity contribution in [3.05, 3.63) is 70.3 Å². The summed E-state index contributed by atoms with van der Waals surface area (Å²) in [6.45, 7) is 16.7. The van der Waals surface area contributed by atoms with Crippen LogP contribution in [-0.2, 0) is 0 Å². The molecule has 35 heavy (non-hydrogen) atoms. The molecule has 0 unspecified atom stereocenters. The quantitative estimate of drug-likeness (QED) is 0.372. The van der Waals surface area contributed by atoms with Crippen LogP contribution in [0.25, 0.3) is 0 Å². The Morgan fingerprint density at radius 1 is 0.629 bits per heavy atom. The molecule has 1 saturated heterocycles. The van der Waals surface area contributed by atoms with Crippen molar-refractivity contribution in [2.45, 2.75) is 85.2 Å². The molecule has 0 amide bonds. The predicted octanol–water partition coefficient (Wildman–Crippen LogP) is 9.21. The number of anilines is 2. The molecule has 0 saturated carbocycles. The van der Waals surface area contributed by atoms with Gasteiger partial charge in [0.25, 0.3) is 0 Å². The third-order valence-electron chi connectivity index (χ3n) is 6.73. The average Bonchev–Trinajstić information content (AvgIpc) is 3.20. The molecule has 0 spiro atoms. The second kappa shape index (κ2) is 10.2. The molecule has 0 N–H and O–H groups in total. The highest BCUT2D eigenvalue weighted by atomic mass is 19.4. The molecule has 0 aromatic heterocycles. The highest BCUT2D eigenvalue weighted by Gasteiger charge is 2.45. The number of hydrogen-bond donors (Lipinski definition) is 0. The molecular formula is C29H38F4N2. The van der Waals surface area contributed by atoms with Gasteiger partial charge in [-0.15, -0.1) is 0 Å². The van der Waals surface area contributed by atoms with E-state index in [2.05, 4.69) is 0 Å². The van der Waals surface area contributed by atoms with Crippen LogP contribution in [0.15, 0.2) is 48.0 Å². The van der Waals surface area contributed by atoms with E-state index in [9.17, 15) is 13.2 Å². The molecule has 1 aliphatic heterocycles. The van der Waals surface area contributed by atoms with Crippen molar-refractivity contribution in [1.82, 2.24) is 0 Å². The molecule has 192 valence electrons. The number of para-hydroxylation sites is 2. The Balaban J connectivity index is 2.37. The van der Waals surface area contributed by atoms with Gasteiger partial charge in [-0.1, -0.05) is 91.8 Å². The molecule has 2 nitrogen and oxygen atoms in total. The van der Waals surface area contributed by atoms with Crippen molar-refractivity contribution in [2.75, 3.05) is 22.9 Å². The smallest absolute Gasteiger partial charge is 0.323 e. The van der Waals surface area contributed by atoms with Gasteiger partial charge in [0, 0.05) is 24.5 Å². The van der Waals surface area contributed by atoms with E-state index in [1.807, 2.05) is 91.8 Å². The van der Waals surface area contributed by atoms with Crippen LogP contribution in [-0.4, -0.2) is 19.3 Å². The Labute approximate surface area is 207 Å². The molecule has 6 heteroatoms. The van der Waals surface area contributed by atoms with Crippen molar-refractivity contribution in [2.24, 2.45) is 0 Å². The van der Waals surface area contributed by atoms with Gasteiger partial charge in [0.05, 0.1) is 0 Å². The van der Waals surface area contributed by atoms with Crippen LogP contribution in [0.1, 0.15) is 101 Å². The van der Waals surface area contributed by atoms with Gasteiger partial charge in [0.15, 0.2) is 5.82 Å². The second-order valence-corrected chi connectivity index (χ2v) is 10.6. The first kappa shape index (κ1) is 27.1. The van der Waals surface area contributed by atoms with Crippen LogP contribution in [0.4, 0.5) is 28.9 Å². The summed E-state index contributed by atoms with van der Waals surface area (Å²) < 4.78 is 57.6. The standard InChI is InChI=1S/C29H38F4N2/c1-17(2)21-11-9-12-22(18(3)4)25(21)34-15-16-35(28(34)27(30)29(31,32)33)26-23(19(5)6)13-10-14-24(26)20(7)8/h9-14,17-20H,15-16H2,1-8H3. The van der Waals surface area contributed by atoms with Gasteiger partial charge in [-0.2, -0.15) is 17.6 Å². The van der Waals surface area contributed by atoms with Crippen molar-refractivity contribution < 1.29 is 17.6 Å². The van der Waals surface area contributed by atoms with Crippen molar-refractivity contribution in [1.29, 1.82) is 0 Å². The van der Waals surface area contributed by atoms with E-state index in [0.29, 0.717) is 11.4 Å². The van der Waals surface area contributed by atoms with Crippen LogP contribution < -0.4 is 9.80 Å². The van der Waals surface area contributed by atoms with E-state index in [1.54, 1.807) is 9.80 Å². The lowest BCUT2D eigenvalue weighted by atomic mass is 9.91. The molecular weight excluding hydrogens is 452 g/mol. The van der Waals surface area contributed by atoms with E-state index in [0.717, 1.165) is 22.3 Å². The Morgan fingerprint density at radius 2 is 0.914 bits per heavy atom. The molecule has 0 atom stereocenters. The highest BCUT2D eigenvalue weighted by molar-refractivity contribution is 5.74. The number of alkyl halides is 3.